The fourth-order valence-corrected chi connectivity index (χ4v) is 4.49. The molecular formula is C25H19BrN2O4S. The lowest BCUT2D eigenvalue weighted by atomic mass is 10.0. The Hall–Kier alpha value is -3.62. The minimum absolute atomic E-state index is 0.0399. The Bertz CT molecular complexity index is 1390. The highest BCUT2D eigenvalue weighted by Crippen LogP contribution is 2.30. The first-order valence-electron chi connectivity index (χ1n) is 9.90. The van der Waals surface area contributed by atoms with Gasteiger partial charge in [-0.15, -0.1) is 0 Å². The largest absolute Gasteiger partial charge is 0.506 e. The third kappa shape index (κ3) is 5.42. The molecule has 0 aromatic heterocycles. The zero-order valence-corrected chi connectivity index (χ0v) is 19.6. The summed E-state index contributed by atoms with van der Waals surface area (Å²) in [5.41, 5.74) is 2.76. The maximum absolute atomic E-state index is 12.7. The molecule has 1 amide bonds. The van der Waals surface area contributed by atoms with Crippen LogP contribution in [-0.4, -0.2) is 19.4 Å². The summed E-state index contributed by atoms with van der Waals surface area (Å²) in [6.45, 7) is 0. The van der Waals surface area contributed by atoms with Gasteiger partial charge in [0.1, 0.15) is 5.75 Å². The number of phenolic OH excluding ortho intramolecular Hbond substituents is 1. The monoisotopic (exact) mass is 522 g/mol. The van der Waals surface area contributed by atoms with Crippen molar-refractivity contribution in [2.24, 2.45) is 0 Å². The second kappa shape index (κ2) is 9.48. The maximum atomic E-state index is 12.7. The number of rotatable bonds is 6. The lowest BCUT2D eigenvalue weighted by molar-refractivity contribution is 0.102. The van der Waals surface area contributed by atoms with E-state index < -0.39 is 10.0 Å². The summed E-state index contributed by atoms with van der Waals surface area (Å²) in [6.07, 6.45) is 0. The number of anilines is 2. The molecule has 4 aromatic rings. The van der Waals surface area contributed by atoms with Crippen LogP contribution in [0.2, 0.25) is 0 Å². The van der Waals surface area contributed by atoms with Crippen LogP contribution >= 0.6 is 15.9 Å². The standard InChI is InChI=1S/C25H19BrN2O4S/c26-20-10-13-22(14-11-20)33(31,32)28-23-16-21(12-15-24(23)29)27-25(30)19-8-6-18(7-9-19)17-4-2-1-3-5-17/h1-16,28-29H,(H,27,30). The van der Waals surface area contributed by atoms with E-state index >= 15 is 0 Å². The summed E-state index contributed by atoms with van der Waals surface area (Å²) in [5, 5.41) is 12.9. The number of sulfonamides is 1. The van der Waals surface area contributed by atoms with Crippen LogP contribution in [0.15, 0.2) is 106 Å². The van der Waals surface area contributed by atoms with Crippen molar-refractivity contribution in [3.05, 3.63) is 107 Å². The Morgan fingerprint density at radius 2 is 1.42 bits per heavy atom. The highest BCUT2D eigenvalue weighted by atomic mass is 79.9. The molecule has 8 heteroatoms. The van der Waals surface area contributed by atoms with E-state index in [0.717, 1.165) is 15.6 Å². The Morgan fingerprint density at radius 1 is 0.788 bits per heavy atom. The summed E-state index contributed by atoms with van der Waals surface area (Å²) in [7, 11) is -3.92. The summed E-state index contributed by atoms with van der Waals surface area (Å²) in [4.78, 5) is 12.7. The van der Waals surface area contributed by atoms with E-state index in [0.29, 0.717) is 11.3 Å². The number of carbonyl (C=O) groups is 1. The minimum atomic E-state index is -3.92. The zero-order valence-electron chi connectivity index (χ0n) is 17.2. The molecule has 0 aliphatic carbocycles. The van der Waals surface area contributed by atoms with Crippen molar-refractivity contribution < 1.29 is 18.3 Å². The first kappa shape index (κ1) is 22.6. The van der Waals surface area contributed by atoms with E-state index in [2.05, 4.69) is 26.0 Å². The summed E-state index contributed by atoms with van der Waals surface area (Å²) >= 11 is 3.26. The van der Waals surface area contributed by atoms with Gasteiger partial charge in [0.05, 0.1) is 10.6 Å². The predicted molar refractivity (Wildman–Crippen MR) is 133 cm³/mol. The predicted octanol–water partition coefficient (Wildman–Crippen LogP) is 5.87. The average molecular weight is 523 g/mol. The molecule has 0 saturated carbocycles. The number of phenols is 1. The number of benzene rings is 4. The van der Waals surface area contributed by atoms with Crippen molar-refractivity contribution in [1.29, 1.82) is 0 Å². The molecule has 0 atom stereocenters. The highest BCUT2D eigenvalue weighted by molar-refractivity contribution is 9.10. The van der Waals surface area contributed by atoms with Crippen LogP contribution in [0.4, 0.5) is 11.4 Å². The normalized spacial score (nSPS) is 11.1. The molecule has 0 saturated heterocycles. The van der Waals surface area contributed by atoms with E-state index in [1.807, 2.05) is 42.5 Å². The van der Waals surface area contributed by atoms with Crippen molar-refractivity contribution in [1.82, 2.24) is 0 Å². The lowest BCUT2D eigenvalue weighted by Crippen LogP contribution is -2.14. The molecule has 33 heavy (non-hydrogen) atoms. The summed E-state index contributed by atoms with van der Waals surface area (Å²) in [6, 6.07) is 27.2. The molecule has 0 unspecified atom stereocenters. The first-order valence-corrected chi connectivity index (χ1v) is 12.2. The molecule has 4 rings (SSSR count). The third-order valence-electron chi connectivity index (χ3n) is 4.88. The zero-order chi connectivity index (χ0) is 23.4. The fraction of sp³-hybridized carbons (Fsp3) is 0. The molecule has 4 aromatic carbocycles. The van der Waals surface area contributed by atoms with E-state index in [1.54, 1.807) is 24.3 Å². The van der Waals surface area contributed by atoms with Crippen LogP contribution in [0.25, 0.3) is 11.1 Å². The van der Waals surface area contributed by atoms with Crippen molar-refractivity contribution in [3.63, 3.8) is 0 Å². The number of aromatic hydroxyl groups is 1. The van der Waals surface area contributed by atoms with Gasteiger partial charge in [-0.05, 0) is 65.7 Å². The van der Waals surface area contributed by atoms with Gasteiger partial charge in [0, 0.05) is 15.7 Å². The Kier molecular flexibility index (Phi) is 6.48. The summed E-state index contributed by atoms with van der Waals surface area (Å²) in [5.74, 6) is -0.622. The Labute approximate surface area is 200 Å². The van der Waals surface area contributed by atoms with Gasteiger partial charge in [-0.1, -0.05) is 58.4 Å². The Morgan fingerprint density at radius 3 is 2.09 bits per heavy atom. The molecule has 3 N–H and O–H groups in total. The molecule has 0 heterocycles. The van der Waals surface area contributed by atoms with Crippen molar-refractivity contribution in [2.75, 3.05) is 10.0 Å². The van der Waals surface area contributed by atoms with Crippen molar-refractivity contribution in [3.8, 4) is 16.9 Å². The quantitative estimate of drug-likeness (QED) is 0.218. The van der Waals surface area contributed by atoms with Crippen LogP contribution < -0.4 is 10.0 Å². The topological polar surface area (TPSA) is 95.5 Å². The van der Waals surface area contributed by atoms with E-state index in [4.69, 9.17) is 0 Å². The summed E-state index contributed by atoms with van der Waals surface area (Å²) < 4.78 is 28.4. The lowest BCUT2D eigenvalue weighted by Gasteiger charge is -2.12. The van der Waals surface area contributed by atoms with Gasteiger partial charge in [-0.2, -0.15) is 0 Å². The van der Waals surface area contributed by atoms with E-state index in [-0.39, 0.29) is 22.2 Å². The first-order chi connectivity index (χ1) is 15.8. The molecule has 0 bridgehead atoms. The van der Waals surface area contributed by atoms with Gasteiger partial charge in [0.15, 0.2) is 0 Å². The van der Waals surface area contributed by atoms with E-state index in [9.17, 15) is 18.3 Å². The second-order valence-corrected chi connectivity index (χ2v) is 9.79. The van der Waals surface area contributed by atoms with Gasteiger partial charge >= 0.3 is 0 Å². The van der Waals surface area contributed by atoms with E-state index in [1.165, 1.54) is 30.3 Å². The molecule has 0 fully saturated rings. The number of hydrogen-bond acceptors (Lipinski definition) is 4. The van der Waals surface area contributed by atoms with Crippen LogP contribution in [0.3, 0.4) is 0 Å². The second-order valence-electron chi connectivity index (χ2n) is 7.19. The number of halogens is 1. The van der Waals surface area contributed by atoms with Crippen molar-refractivity contribution >= 4 is 43.2 Å². The molecule has 0 radical (unpaired) electrons. The van der Waals surface area contributed by atoms with Crippen molar-refractivity contribution in [2.45, 2.75) is 4.90 Å². The van der Waals surface area contributed by atoms with Crippen LogP contribution in [-0.2, 0) is 10.0 Å². The molecule has 166 valence electrons. The number of amides is 1. The van der Waals surface area contributed by atoms with Crippen LogP contribution in [0.1, 0.15) is 10.4 Å². The van der Waals surface area contributed by atoms with Gasteiger partial charge in [-0.3, -0.25) is 9.52 Å². The molecule has 0 spiro atoms. The third-order valence-corrected chi connectivity index (χ3v) is 6.79. The number of hydrogen-bond donors (Lipinski definition) is 3. The maximum Gasteiger partial charge on any atom is 0.262 e. The highest BCUT2D eigenvalue weighted by Gasteiger charge is 2.17. The van der Waals surface area contributed by atoms with Crippen LogP contribution in [0.5, 0.6) is 5.75 Å². The number of nitrogens with one attached hydrogen (secondary N) is 2. The van der Waals surface area contributed by atoms with Gasteiger partial charge in [-0.25, -0.2) is 8.42 Å². The smallest absolute Gasteiger partial charge is 0.262 e. The minimum Gasteiger partial charge on any atom is -0.506 e. The molecular weight excluding hydrogens is 504 g/mol. The molecule has 6 nitrogen and oxygen atoms in total. The Balaban J connectivity index is 1.50. The van der Waals surface area contributed by atoms with Gasteiger partial charge in [0.2, 0.25) is 0 Å². The molecule has 0 aliphatic heterocycles. The SMILES string of the molecule is O=C(Nc1ccc(O)c(NS(=O)(=O)c2ccc(Br)cc2)c1)c1ccc(-c2ccccc2)cc1. The fourth-order valence-electron chi connectivity index (χ4n) is 3.16. The average Bonchev–Trinajstić information content (AvgIpc) is 2.82. The van der Waals surface area contributed by atoms with Gasteiger partial charge in [0.25, 0.3) is 15.9 Å². The van der Waals surface area contributed by atoms with Gasteiger partial charge < -0.3 is 10.4 Å². The number of carbonyl (C=O) groups excluding carboxylic acids is 1. The van der Waals surface area contributed by atoms with Crippen LogP contribution in [0, 0.1) is 0 Å². The molecule has 0 aliphatic rings.